The number of carbonyl (C=O) groups is 4. The molecule has 12 heteroatoms. The lowest BCUT2D eigenvalue weighted by molar-refractivity contribution is -0.136. The first kappa shape index (κ1) is 32.9. The molecule has 4 aromatic carbocycles. The number of anilines is 1. The van der Waals surface area contributed by atoms with Crippen LogP contribution >= 0.6 is 0 Å². The van der Waals surface area contributed by atoms with E-state index in [1.807, 2.05) is 48.5 Å². The summed E-state index contributed by atoms with van der Waals surface area (Å²) in [6, 6.07) is 28.2. The van der Waals surface area contributed by atoms with Gasteiger partial charge in [-0.15, -0.1) is 0 Å². The quantitative estimate of drug-likeness (QED) is 0.173. The number of nitrogens with one attached hydrogen (secondary N) is 2. The highest BCUT2D eigenvalue weighted by Crippen LogP contribution is 2.36. The van der Waals surface area contributed by atoms with E-state index in [1.54, 1.807) is 35.4 Å². The lowest BCUT2D eigenvalue weighted by Gasteiger charge is -2.36. The standard InChI is InChI=1S/C40H36N6O6/c1-40(2,24-3-10-29(11-4-24)51-31-14-8-28(9-15-31)46-41-19-20-42-46)25-5-12-30(13-6-25)52-32-21-27(22-32)43-26-7-16-33-34(23-26)39(50)45(38(33)49)35-17-18-36(47)44-37(35)48/h3-16,19-20,23,27,32,35,43H,17-18,21-22H2,1-2H3,(H,44,47,48). The van der Waals surface area contributed by atoms with Gasteiger partial charge in [-0.1, -0.05) is 38.1 Å². The van der Waals surface area contributed by atoms with Crippen LogP contribution in [0, 0.1) is 0 Å². The van der Waals surface area contributed by atoms with Gasteiger partial charge in [-0.3, -0.25) is 29.4 Å². The van der Waals surface area contributed by atoms with E-state index >= 15 is 0 Å². The summed E-state index contributed by atoms with van der Waals surface area (Å²) in [4.78, 5) is 52.6. The fraction of sp³-hybridized carbons (Fsp3) is 0.250. The monoisotopic (exact) mass is 696 g/mol. The van der Waals surface area contributed by atoms with Gasteiger partial charge in [0, 0.05) is 36.4 Å². The van der Waals surface area contributed by atoms with Crippen LogP contribution in [0.2, 0.25) is 0 Å². The van der Waals surface area contributed by atoms with Gasteiger partial charge in [0.2, 0.25) is 11.8 Å². The molecule has 12 nitrogen and oxygen atoms in total. The average Bonchev–Trinajstić information content (AvgIpc) is 3.75. The Balaban J connectivity index is 0.831. The zero-order valence-electron chi connectivity index (χ0n) is 28.6. The molecular formula is C40H36N6O6. The van der Waals surface area contributed by atoms with Crippen LogP contribution < -0.4 is 20.1 Å². The zero-order chi connectivity index (χ0) is 36.0. The number of ether oxygens (including phenoxy) is 2. The molecule has 52 heavy (non-hydrogen) atoms. The maximum Gasteiger partial charge on any atom is 0.262 e. The number of carbonyl (C=O) groups excluding carboxylic acids is 4. The fourth-order valence-electron chi connectivity index (χ4n) is 6.96. The summed E-state index contributed by atoms with van der Waals surface area (Å²) >= 11 is 0. The summed E-state index contributed by atoms with van der Waals surface area (Å²) < 4.78 is 12.3. The summed E-state index contributed by atoms with van der Waals surface area (Å²) in [7, 11) is 0. The first-order valence-corrected chi connectivity index (χ1v) is 17.3. The average molecular weight is 697 g/mol. The van der Waals surface area contributed by atoms with E-state index in [0.29, 0.717) is 0 Å². The van der Waals surface area contributed by atoms with Crippen LogP contribution in [0.25, 0.3) is 5.69 Å². The maximum absolute atomic E-state index is 13.2. The molecule has 262 valence electrons. The molecule has 2 N–H and O–H groups in total. The van der Waals surface area contributed by atoms with Crippen molar-refractivity contribution in [2.24, 2.45) is 0 Å². The predicted molar refractivity (Wildman–Crippen MR) is 191 cm³/mol. The van der Waals surface area contributed by atoms with Crippen LogP contribution in [0.5, 0.6) is 17.2 Å². The lowest BCUT2D eigenvalue weighted by Crippen LogP contribution is -2.54. The predicted octanol–water partition coefficient (Wildman–Crippen LogP) is 5.81. The topological polar surface area (TPSA) is 145 Å². The van der Waals surface area contributed by atoms with Gasteiger partial charge in [-0.05, 0) is 84.3 Å². The van der Waals surface area contributed by atoms with Crippen LogP contribution in [0.15, 0.2) is 103 Å². The van der Waals surface area contributed by atoms with E-state index < -0.39 is 29.7 Å². The van der Waals surface area contributed by atoms with Crippen LogP contribution in [0.3, 0.4) is 0 Å². The molecule has 5 aromatic rings. The van der Waals surface area contributed by atoms with Crippen LogP contribution in [-0.4, -0.2) is 61.7 Å². The molecule has 3 aliphatic rings. The summed E-state index contributed by atoms with van der Waals surface area (Å²) in [6.45, 7) is 4.38. The van der Waals surface area contributed by atoms with Gasteiger partial charge < -0.3 is 14.8 Å². The van der Waals surface area contributed by atoms with E-state index in [-0.39, 0.29) is 41.5 Å². The van der Waals surface area contributed by atoms with Crippen molar-refractivity contribution in [1.29, 1.82) is 0 Å². The molecule has 1 atom stereocenters. The minimum atomic E-state index is -0.985. The third-order valence-corrected chi connectivity index (χ3v) is 10.1. The van der Waals surface area contributed by atoms with Crippen molar-refractivity contribution in [2.45, 2.75) is 63.1 Å². The number of rotatable bonds is 10. The van der Waals surface area contributed by atoms with E-state index in [0.717, 1.165) is 57.5 Å². The molecule has 3 heterocycles. The summed E-state index contributed by atoms with van der Waals surface area (Å²) in [5, 5.41) is 14.0. The Hall–Kier alpha value is -6.30. The molecule has 8 rings (SSSR count). The highest BCUT2D eigenvalue weighted by atomic mass is 16.5. The first-order chi connectivity index (χ1) is 25.1. The van der Waals surface area contributed by atoms with Gasteiger partial charge in [-0.2, -0.15) is 15.0 Å². The number of imide groups is 2. The van der Waals surface area contributed by atoms with Gasteiger partial charge in [0.1, 0.15) is 29.4 Å². The smallest absolute Gasteiger partial charge is 0.262 e. The van der Waals surface area contributed by atoms with Crippen LogP contribution in [0.4, 0.5) is 5.69 Å². The second kappa shape index (κ2) is 13.1. The molecule has 2 aliphatic heterocycles. The number of fused-ring (bicyclic) bond motifs is 1. The van der Waals surface area contributed by atoms with E-state index in [2.05, 4.69) is 58.9 Å². The third-order valence-electron chi connectivity index (χ3n) is 10.1. The van der Waals surface area contributed by atoms with Gasteiger partial charge >= 0.3 is 0 Å². The number of piperidine rings is 1. The number of aromatic nitrogens is 3. The molecule has 1 aliphatic carbocycles. The number of hydrogen-bond acceptors (Lipinski definition) is 9. The number of hydrogen-bond donors (Lipinski definition) is 2. The molecule has 1 saturated heterocycles. The normalized spacial score (nSPS) is 19.9. The minimum absolute atomic E-state index is 0.0444. The van der Waals surface area contributed by atoms with Gasteiger partial charge in [0.15, 0.2) is 0 Å². The maximum atomic E-state index is 13.2. The van der Waals surface area contributed by atoms with E-state index in [4.69, 9.17) is 9.47 Å². The first-order valence-electron chi connectivity index (χ1n) is 17.3. The Bertz CT molecular complexity index is 2160. The van der Waals surface area contributed by atoms with E-state index in [9.17, 15) is 19.2 Å². The second-order valence-corrected chi connectivity index (χ2v) is 13.8. The lowest BCUT2D eigenvalue weighted by atomic mass is 9.78. The largest absolute Gasteiger partial charge is 0.490 e. The van der Waals surface area contributed by atoms with Gasteiger partial charge in [0.05, 0.1) is 29.2 Å². The van der Waals surface area contributed by atoms with Crippen molar-refractivity contribution in [2.75, 3.05) is 5.32 Å². The SMILES string of the molecule is CC(C)(c1ccc(Oc2ccc(-n3nccn3)cc2)cc1)c1ccc(OC2CC(Nc3ccc4c(c3)C(=O)N(C3CCC(=O)NC3=O)C4=O)C2)cc1. The second-order valence-electron chi connectivity index (χ2n) is 13.8. The highest BCUT2D eigenvalue weighted by Gasteiger charge is 2.45. The number of benzene rings is 4. The van der Waals surface area contributed by atoms with Crippen LogP contribution in [0.1, 0.15) is 71.4 Å². The van der Waals surface area contributed by atoms with Crippen molar-refractivity contribution < 1.29 is 28.7 Å². The van der Waals surface area contributed by atoms with Crippen molar-refractivity contribution in [3.05, 3.63) is 126 Å². The molecule has 2 fully saturated rings. The Kier molecular flexibility index (Phi) is 8.29. The Morgan fingerprint density at radius 3 is 1.98 bits per heavy atom. The van der Waals surface area contributed by atoms with Crippen molar-refractivity contribution in [3.8, 4) is 22.9 Å². The van der Waals surface area contributed by atoms with Gasteiger partial charge in [0.25, 0.3) is 11.8 Å². The Labute approximate surface area is 299 Å². The molecular weight excluding hydrogens is 660 g/mol. The van der Waals surface area contributed by atoms with Crippen LogP contribution in [-0.2, 0) is 15.0 Å². The summed E-state index contributed by atoms with van der Waals surface area (Å²) in [6.07, 6.45) is 5.08. The summed E-state index contributed by atoms with van der Waals surface area (Å²) in [5.41, 5.74) is 4.15. The summed E-state index contributed by atoms with van der Waals surface area (Å²) in [5.74, 6) is 0.218. The molecule has 0 bridgehead atoms. The fourth-order valence-corrected chi connectivity index (χ4v) is 6.96. The third kappa shape index (κ3) is 6.27. The van der Waals surface area contributed by atoms with Crippen molar-refractivity contribution in [1.82, 2.24) is 25.2 Å². The molecule has 1 unspecified atom stereocenters. The number of nitrogens with zero attached hydrogens (tertiary/aromatic N) is 4. The van der Waals surface area contributed by atoms with Gasteiger partial charge in [-0.25, -0.2) is 0 Å². The zero-order valence-corrected chi connectivity index (χ0v) is 28.6. The molecule has 0 spiro atoms. The number of amides is 4. The molecule has 1 aromatic heterocycles. The minimum Gasteiger partial charge on any atom is -0.490 e. The Morgan fingerprint density at radius 1 is 0.750 bits per heavy atom. The van der Waals surface area contributed by atoms with Crippen molar-refractivity contribution >= 4 is 29.3 Å². The molecule has 0 radical (unpaired) electrons. The van der Waals surface area contributed by atoms with E-state index in [1.165, 1.54) is 0 Å². The Morgan fingerprint density at radius 2 is 1.35 bits per heavy atom. The van der Waals surface area contributed by atoms with Crippen molar-refractivity contribution in [3.63, 3.8) is 0 Å². The molecule has 1 saturated carbocycles. The molecule has 4 amide bonds. The highest BCUT2D eigenvalue weighted by molar-refractivity contribution is 6.23.